The first kappa shape index (κ1) is 27.2. The molecule has 0 atom stereocenters. The second kappa shape index (κ2) is 10.9. The highest BCUT2D eigenvalue weighted by atomic mass is 35.5. The fourth-order valence-corrected chi connectivity index (χ4v) is 5.96. The van der Waals surface area contributed by atoms with Gasteiger partial charge in [-0.3, -0.25) is 14.2 Å². The Bertz CT molecular complexity index is 1710. The van der Waals surface area contributed by atoms with E-state index >= 15 is 0 Å². The van der Waals surface area contributed by atoms with E-state index in [9.17, 15) is 21.6 Å². The van der Waals surface area contributed by atoms with Gasteiger partial charge in [0.05, 0.1) is 21.2 Å². The molecule has 0 heterocycles. The molecule has 196 valence electrons. The van der Waals surface area contributed by atoms with Crippen LogP contribution in [0.1, 0.15) is 21.5 Å². The summed E-state index contributed by atoms with van der Waals surface area (Å²) >= 11 is 6.08. The molecule has 4 rings (SSSR count). The van der Waals surface area contributed by atoms with E-state index in [2.05, 4.69) is 14.8 Å². The van der Waals surface area contributed by atoms with Crippen LogP contribution in [0.3, 0.4) is 0 Å². The van der Waals surface area contributed by atoms with E-state index < -0.39 is 26.0 Å². The molecular weight excluding hydrogens is 546 g/mol. The third-order valence-electron chi connectivity index (χ3n) is 5.73. The summed E-state index contributed by atoms with van der Waals surface area (Å²) in [4.78, 5) is 13.0. The maximum atomic E-state index is 12.9. The minimum absolute atomic E-state index is 0.00261. The van der Waals surface area contributed by atoms with Crippen LogP contribution in [-0.2, 0) is 20.0 Å². The van der Waals surface area contributed by atoms with E-state index in [0.29, 0.717) is 27.5 Å². The highest BCUT2D eigenvalue weighted by molar-refractivity contribution is 7.93. The Labute approximate surface area is 226 Å². The zero-order chi connectivity index (χ0) is 27.5. The number of nitrogens with one attached hydrogen (secondary N) is 3. The number of benzene rings is 4. The lowest BCUT2D eigenvalue weighted by Crippen LogP contribution is -2.16. The molecule has 0 radical (unpaired) electrons. The third-order valence-corrected chi connectivity index (χ3v) is 8.90. The number of amides is 1. The van der Waals surface area contributed by atoms with E-state index in [1.54, 1.807) is 62.4 Å². The Morgan fingerprint density at radius 2 is 1.29 bits per heavy atom. The molecule has 3 N–H and O–H groups in total. The summed E-state index contributed by atoms with van der Waals surface area (Å²) < 4.78 is 56.1. The van der Waals surface area contributed by atoms with Crippen LogP contribution in [0.2, 0.25) is 5.02 Å². The van der Waals surface area contributed by atoms with Gasteiger partial charge in [-0.15, -0.1) is 0 Å². The lowest BCUT2D eigenvalue weighted by Gasteiger charge is -2.13. The van der Waals surface area contributed by atoms with Gasteiger partial charge in [0, 0.05) is 16.3 Å². The summed E-state index contributed by atoms with van der Waals surface area (Å²) in [6.45, 7) is 3.44. The highest BCUT2D eigenvalue weighted by Crippen LogP contribution is 2.26. The minimum atomic E-state index is -3.89. The first-order valence-corrected chi connectivity index (χ1v) is 14.7. The van der Waals surface area contributed by atoms with Crippen molar-refractivity contribution in [1.82, 2.24) is 0 Å². The molecule has 0 saturated heterocycles. The summed E-state index contributed by atoms with van der Waals surface area (Å²) in [6.07, 6.45) is 0. The number of rotatable bonds is 8. The predicted octanol–water partition coefficient (Wildman–Crippen LogP) is 5.81. The second-order valence-electron chi connectivity index (χ2n) is 8.44. The first-order valence-electron chi connectivity index (χ1n) is 11.3. The summed E-state index contributed by atoms with van der Waals surface area (Å²) in [6, 6.07) is 23.2. The van der Waals surface area contributed by atoms with E-state index in [0.717, 1.165) is 0 Å². The number of carbonyl (C=O) groups is 1. The van der Waals surface area contributed by atoms with E-state index in [-0.39, 0.29) is 21.0 Å². The lowest BCUT2D eigenvalue weighted by molar-refractivity contribution is 0.102. The summed E-state index contributed by atoms with van der Waals surface area (Å²) in [7, 11) is -7.72. The smallest absolute Gasteiger partial charge is 0.261 e. The molecule has 0 fully saturated rings. The number of sulfonamides is 2. The molecule has 0 aromatic heterocycles. The monoisotopic (exact) mass is 569 g/mol. The normalized spacial score (nSPS) is 11.6. The SMILES string of the molecule is Cc1ccc(C(=O)Nc2ccc(S(=O)(=O)Nc3cccc(Cl)c3C)cc2)cc1NS(=O)(=O)c1ccccc1. The van der Waals surface area contributed by atoms with Gasteiger partial charge in [-0.25, -0.2) is 16.8 Å². The highest BCUT2D eigenvalue weighted by Gasteiger charge is 2.18. The van der Waals surface area contributed by atoms with Gasteiger partial charge in [0.2, 0.25) is 0 Å². The molecule has 1 amide bonds. The Morgan fingerprint density at radius 1 is 0.684 bits per heavy atom. The van der Waals surface area contributed by atoms with Crippen molar-refractivity contribution in [1.29, 1.82) is 0 Å². The van der Waals surface area contributed by atoms with Crippen LogP contribution in [0.15, 0.2) is 101 Å². The van der Waals surface area contributed by atoms with Gasteiger partial charge in [-0.05, 0) is 85.6 Å². The Morgan fingerprint density at radius 3 is 1.95 bits per heavy atom. The zero-order valence-electron chi connectivity index (χ0n) is 20.4. The first-order chi connectivity index (χ1) is 18.0. The van der Waals surface area contributed by atoms with Gasteiger partial charge < -0.3 is 5.32 Å². The molecular formula is C27H24ClN3O5S2. The number of aryl methyl sites for hydroxylation is 1. The quantitative estimate of drug-likeness (QED) is 0.247. The number of anilines is 3. The standard InChI is InChI=1S/C27H24ClN3O5S2/c1-18-11-12-20(17-26(18)31-37(33,34)22-7-4-3-5-8-22)27(32)29-21-13-15-23(16-14-21)38(35,36)30-25-10-6-9-24(28)19(25)2/h3-17,30-31H,1-2H3,(H,29,32). The summed E-state index contributed by atoms with van der Waals surface area (Å²) in [5.74, 6) is -0.492. The second-order valence-corrected chi connectivity index (χ2v) is 12.2. The van der Waals surface area contributed by atoms with Gasteiger partial charge in [0.1, 0.15) is 0 Å². The maximum Gasteiger partial charge on any atom is 0.261 e. The molecule has 38 heavy (non-hydrogen) atoms. The molecule has 0 aliphatic carbocycles. The van der Waals surface area contributed by atoms with Crippen molar-refractivity contribution in [2.75, 3.05) is 14.8 Å². The molecule has 0 aliphatic rings. The van der Waals surface area contributed by atoms with Gasteiger partial charge in [0.25, 0.3) is 26.0 Å². The van der Waals surface area contributed by atoms with Crippen LogP contribution in [0, 0.1) is 13.8 Å². The van der Waals surface area contributed by atoms with Crippen molar-refractivity contribution in [3.63, 3.8) is 0 Å². The Balaban J connectivity index is 1.49. The van der Waals surface area contributed by atoms with Crippen LogP contribution >= 0.6 is 11.6 Å². The average Bonchev–Trinajstić information content (AvgIpc) is 2.88. The third kappa shape index (κ3) is 6.16. The van der Waals surface area contributed by atoms with Gasteiger partial charge in [-0.1, -0.05) is 41.9 Å². The van der Waals surface area contributed by atoms with E-state index in [1.165, 1.54) is 42.5 Å². The minimum Gasteiger partial charge on any atom is -0.322 e. The average molecular weight is 570 g/mol. The van der Waals surface area contributed by atoms with Crippen LogP contribution in [0.5, 0.6) is 0 Å². The number of hydrogen-bond acceptors (Lipinski definition) is 5. The molecule has 0 unspecified atom stereocenters. The van der Waals surface area contributed by atoms with Crippen LogP contribution in [0.4, 0.5) is 17.1 Å². The van der Waals surface area contributed by atoms with Gasteiger partial charge in [0.15, 0.2) is 0 Å². The van der Waals surface area contributed by atoms with Gasteiger partial charge >= 0.3 is 0 Å². The molecule has 0 bridgehead atoms. The van der Waals surface area contributed by atoms with Crippen LogP contribution in [0.25, 0.3) is 0 Å². The fraction of sp³-hybridized carbons (Fsp3) is 0.0741. The van der Waals surface area contributed by atoms with Gasteiger partial charge in [-0.2, -0.15) is 0 Å². The fourth-order valence-electron chi connectivity index (χ4n) is 3.52. The predicted molar refractivity (Wildman–Crippen MR) is 150 cm³/mol. The van der Waals surface area contributed by atoms with Crippen molar-refractivity contribution in [2.24, 2.45) is 0 Å². The molecule has 4 aromatic rings. The van der Waals surface area contributed by atoms with Crippen LogP contribution in [-0.4, -0.2) is 22.7 Å². The molecule has 0 spiro atoms. The lowest BCUT2D eigenvalue weighted by atomic mass is 10.1. The Hall–Kier alpha value is -3.86. The van der Waals surface area contributed by atoms with E-state index in [1.807, 2.05) is 0 Å². The molecule has 0 saturated carbocycles. The zero-order valence-corrected chi connectivity index (χ0v) is 22.8. The molecule has 11 heteroatoms. The summed E-state index contributed by atoms with van der Waals surface area (Å²) in [5, 5.41) is 3.14. The number of halogens is 1. The largest absolute Gasteiger partial charge is 0.322 e. The van der Waals surface area contributed by atoms with Crippen molar-refractivity contribution >= 4 is 54.6 Å². The molecule has 0 aliphatic heterocycles. The van der Waals surface area contributed by atoms with Crippen molar-refractivity contribution in [2.45, 2.75) is 23.6 Å². The maximum absolute atomic E-state index is 12.9. The number of hydrogen-bond donors (Lipinski definition) is 3. The van der Waals surface area contributed by atoms with Crippen molar-refractivity contribution in [3.05, 3.63) is 113 Å². The van der Waals surface area contributed by atoms with Crippen LogP contribution < -0.4 is 14.8 Å². The number of carbonyl (C=O) groups excluding carboxylic acids is 1. The van der Waals surface area contributed by atoms with E-state index in [4.69, 9.17) is 11.6 Å². The molecule has 8 nitrogen and oxygen atoms in total. The summed E-state index contributed by atoms with van der Waals surface area (Å²) in [5.41, 5.74) is 2.46. The topological polar surface area (TPSA) is 121 Å². The Kier molecular flexibility index (Phi) is 7.77. The van der Waals surface area contributed by atoms with Crippen molar-refractivity contribution in [3.8, 4) is 0 Å². The molecule has 4 aromatic carbocycles. The van der Waals surface area contributed by atoms with Crippen molar-refractivity contribution < 1.29 is 21.6 Å².